The summed E-state index contributed by atoms with van der Waals surface area (Å²) < 4.78 is 147. The molecule has 0 heterocycles. The summed E-state index contributed by atoms with van der Waals surface area (Å²) in [5.41, 5.74) is -4.98. The molecule has 2 aromatic carbocycles. The van der Waals surface area contributed by atoms with Crippen molar-refractivity contribution in [1.29, 1.82) is 0 Å². The van der Waals surface area contributed by atoms with Crippen LogP contribution in [0.3, 0.4) is 0 Å². The van der Waals surface area contributed by atoms with Crippen molar-refractivity contribution in [3.05, 3.63) is 69.5 Å². The molecule has 0 radical (unpaired) electrons. The van der Waals surface area contributed by atoms with Gasteiger partial charge in [0.05, 0.1) is 11.0 Å². The van der Waals surface area contributed by atoms with Gasteiger partial charge in [0.15, 0.2) is 11.6 Å². The normalized spacial score (nSPS) is 25.3. The summed E-state index contributed by atoms with van der Waals surface area (Å²) in [6, 6.07) is -5.22. The Morgan fingerprint density at radius 2 is 1.22 bits per heavy atom. The lowest BCUT2D eigenvalue weighted by atomic mass is 9.82. The van der Waals surface area contributed by atoms with Crippen molar-refractivity contribution in [3.63, 3.8) is 0 Å². The van der Waals surface area contributed by atoms with E-state index in [9.17, 15) is 9.59 Å². The van der Waals surface area contributed by atoms with E-state index in [0.717, 1.165) is 6.92 Å². The first kappa shape index (κ1) is 10.7. The van der Waals surface area contributed by atoms with Crippen molar-refractivity contribution in [1.82, 2.24) is 0 Å². The molecule has 0 N–H and O–H groups in total. The number of halogens is 2. The number of benzene rings is 2. The van der Waals surface area contributed by atoms with Gasteiger partial charge in [0.1, 0.15) is 0 Å². The summed E-state index contributed by atoms with van der Waals surface area (Å²) in [5, 5.41) is -0.991. The predicted octanol–water partition coefficient (Wildman–Crippen LogP) is 9.19. The maximum atomic E-state index is 13.0. The molecule has 0 saturated carbocycles. The molecule has 0 aliphatic heterocycles. The number of Topliss-reactive ketones (excluding diaryl/α,β-unsaturated/α-hetero) is 2. The van der Waals surface area contributed by atoms with Gasteiger partial charge >= 0.3 is 0 Å². The molecule has 0 unspecified atom stereocenters. The molecule has 32 heavy (non-hydrogen) atoms. The van der Waals surface area contributed by atoms with Gasteiger partial charge in [-0.15, -0.1) is 0 Å². The van der Waals surface area contributed by atoms with Crippen LogP contribution in [-0.2, 0) is 0 Å². The van der Waals surface area contributed by atoms with Crippen LogP contribution in [0.1, 0.15) is 115 Å². The molecule has 0 saturated heterocycles. The van der Waals surface area contributed by atoms with E-state index in [1.807, 2.05) is 20.8 Å². The molecule has 0 aliphatic carbocycles. The van der Waals surface area contributed by atoms with Crippen molar-refractivity contribution in [3.8, 4) is 0 Å². The van der Waals surface area contributed by atoms with E-state index >= 15 is 0 Å². The second-order valence-corrected chi connectivity index (χ2v) is 9.17. The minimum Gasteiger partial charge on any atom is -0.294 e. The molecule has 2 aromatic rings. The molecule has 0 aromatic heterocycles. The van der Waals surface area contributed by atoms with Gasteiger partial charge in [0.2, 0.25) is 0 Å². The van der Waals surface area contributed by atoms with Gasteiger partial charge in [0, 0.05) is 48.0 Å². The first-order valence-electron chi connectivity index (χ1n) is 19.0. The van der Waals surface area contributed by atoms with E-state index in [2.05, 4.69) is 0 Å². The molecule has 0 fully saturated rings. The number of carbonyl (C=O) groups excluding carboxylic acids is 2. The maximum Gasteiger partial charge on any atom is 0.165 e. The molecule has 0 bridgehead atoms. The lowest BCUT2D eigenvalue weighted by Gasteiger charge is -2.22. The molecule has 2 rings (SSSR count). The zero-order valence-electron chi connectivity index (χ0n) is 37.5. The van der Waals surface area contributed by atoms with Crippen LogP contribution in [0.25, 0.3) is 0 Å². The fourth-order valence-electron chi connectivity index (χ4n) is 2.65. The molecule has 176 valence electrons. The quantitative estimate of drug-likeness (QED) is 0.374. The Kier molecular flexibility index (Phi) is 4.03. The van der Waals surface area contributed by atoms with Crippen LogP contribution >= 0.6 is 23.2 Å². The lowest BCUT2D eigenvalue weighted by Crippen LogP contribution is -2.18. The zero-order chi connectivity index (χ0) is 41.0. The topological polar surface area (TPSA) is 34.1 Å². The van der Waals surface area contributed by atoms with Gasteiger partial charge < -0.3 is 0 Å². The third-order valence-electron chi connectivity index (χ3n) is 3.74. The SMILES string of the molecule is [2H]c1c([2H])c(Cl)c([2H])c(C(=O)[C@@]([2H])(C)CC(C([2H])([2H])[2H])(C([2H])([2H])[2H])C([2H])([2H])[2H])c1[2H].[2H]c1c([2H])c(Cl)c([2H])c(C(=O)[C@@]([2H])(C)CC(C)(C)C)c1[2H]. The predicted molar refractivity (Wildman–Crippen MR) is 138 cm³/mol. The Hall–Kier alpha value is -1.64. The molecule has 0 aliphatic rings. The Bertz CT molecular complexity index is 1590. The Morgan fingerprint density at radius 1 is 0.844 bits per heavy atom. The standard InChI is InChI=1S/2C14H19ClO/c2*1-10(9-14(2,3)4)13(16)11-6-5-7-12(15)8-11/h2*5-8,10H,9H2,1-4H3/t2*10-/m00/s1/i2D3,3D3,4D3,5D,6D,7D,8D,10D;5D,6D,7D,8D,10D. The van der Waals surface area contributed by atoms with Crippen LogP contribution in [0.15, 0.2) is 48.3 Å². The minimum absolute atomic E-state index is 0.241. The molecular formula is C28H38Cl2O2. The molecule has 2 nitrogen and oxygen atoms in total. The van der Waals surface area contributed by atoms with Crippen LogP contribution in [0, 0.1) is 22.6 Å². The summed E-state index contributed by atoms with van der Waals surface area (Å²) in [7, 11) is 0. The molecule has 2 atom stereocenters. The van der Waals surface area contributed by atoms with Gasteiger partial charge in [-0.05, 0) is 47.8 Å². The highest BCUT2D eigenvalue weighted by molar-refractivity contribution is 6.31. The van der Waals surface area contributed by atoms with E-state index in [1.165, 1.54) is 6.92 Å². The monoisotopic (exact) mass is 495 g/mol. The second-order valence-electron chi connectivity index (χ2n) is 8.42. The molecule has 4 heteroatoms. The number of rotatable bonds is 6. The molecule has 0 spiro atoms. The van der Waals surface area contributed by atoms with Crippen molar-refractivity contribution in [2.75, 3.05) is 0 Å². The van der Waals surface area contributed by atoms with E-state index in [0.29, 0.717) is 0 Å². The van der Waals surface area contributed by atoms with E-state index in [-0.39, 0.29) is 22.4 Å². The van der Waals surface area contributed by atoms with Crippen LogP contribution in [0.5, 0.6) is 0 Å². The van der Waals surface area contributed by atoms with Crippen LogP contribution in [0.2, 0.25) is 10.0 Å². The summed E-state index contributed by atoms with van der Waals surface area (Å²) in [6.45, 7) is -3.01. The average molecular weight is 497 g/mol. The van der Waals surface area contributed by atoms with Crippen molar-refractivity contribution < 1.29 is 35.6 Å². The highest BCUT2D eigenvalue weighted by Crippen LogP contribution is 2.28. The Balaban J connectivity index is 0.000000543. The molecular weight excluding hydrogens is 439 g/mol. The fraction of sp³-hybridized carbons (Fsp3) is 0.500. The van der Waals surface area contributed by atoms with Crippen molar-refractivity contribution in [2.45, 2.75) is 68.0 Å². The third-order valence-corrected chi connectivity index (χ3v) is 4.12. The minimum atomic E-state index is -3.64. The number of hydrogen-bond donors (Lipinski definition) is 0. The highest BCUT2D eigenvalue weighted by Gasteiger charge is 2.22. The summed E-state index contributed by atoms with van der Waals surface area (Å²) in [6.07, 6.45) is -1.24. The Labute approximate surface area is 231 Å². The first-order valence-corrected chi connectivity index (χ1v) is 10.2. The first-order chi connectivity index (χ1) is 22.3. The number of carbonyl (C=O) groups is 2. The second kappa shape index (κ2) is 12.0. The van der Waals surface area contributed by atoms with Crippen LogP contribution in [-0.4, -0.2) is 11.6 Å². The fourth-order valence-corrected chi connectivity index (χ4v) is 2.93. The van der Waals surface area contributed by atoms with Crippen LogP contribution < -0.4 is 0 Å². The highest BCUT2D eigenvalue weighted by atomic mass is 35.5. The molecule has 0 amide bonds. The average Bonchev–Trinajstić information content (AvgIpc) is 2.93. The summed E-state index contributed by atoms with van der Waals surface area (Å²) >= 11 is 11.5. The number of ketones is 2. The lowest BCUT2D eigenvalue weighted by molar-refractivity contribution is 0.0891. The summed E-state index contributed by atoms with van der Waals surface area (Å²) in [5.74, 6) is -6.41. The maximum absolute atomic E-state index is 13.0. The number of hydrogen-bond acceptors (Lipinski definition) is 2. The third kappa shape index (κ3) is 10.8. The van der Waals surface area contributed by atoms with E-state index in [4.69, 9.17) is 49.2 Å². The van der Waals surface area contributed by atoms with Crippen molar-refractivity contribution in [2.24, 2.45) is 22.6 Å². The van der Waals surface area contributed by atoms with Gasteiger partial charge in [-0.1, -0.05) is 103 Å². The Morgan fingerprint density at radius 3 is 1.56 bits per heavy atom. The zero-order valence-corrected chi connectivity index (χ0v) is 20.0. The van der Waals surface area contributed by atoms with Gasteiger partial charge in [-0.2, -0.15) is 0 Å². The van der Waals surface area contributed by atoms with Crippen LogP contribution in [0.4, 0.5) is 0 Å². The largest absolute Gasteiger partial charge is 0.294 e. The van der Waals surface area contributed by atoms with Gasteiger partial charge in [-0.25, -0.2) is 0 Å². The summed E-state index contributed by atoms with van der Waals surface area (Å²) in [4.78, 5) is 25.6. The van der Waals surface area contributed by atoms with Crippen molar-refractivity contribution >= 4 is 34.8 Å². The van der Waals surface area contributed by atoms with Gasteiger partial charge in [0.25, 0.3) is 0 Å². The van der Waals surface area contributed by atoms with E-state index < -0.39 is 115 Å². The van der Waals surface area contributed by atoms with Gasteiger partial charge in [-0.3, -0.25) is 9.59 Å². The van der Waals surface area contributed by atoms with E-state index in [1.54, 1.807) is 0 Å². The smallest absolute Gasteiger partial charge is 0.165 e.